The van der Waals surface area contributed by atoms with Crippen LogP contribution < -0.4 is 4.74 Å². The van der Waals surface area contributed by atoms with Crippen molar-refractivity contribution in [2.24, 2.45) is 0 Å². The van der Waals surface area contributed by atoms with Crippen molar-refractivity contribution in [3.8, 4) is 17.6 Å². The Labute approximate surface area is 204 Å². The normalized spacial score (nSPS) is 16.5. The maximum atomic E-state index is 14.4. The van der Waals surface area contributed by atoms with Crippen LogP contribution in [0.25, 0.3) is 5.57 Å². The molecule has 0 saturated heterocycles. The lowest BCUT2D eigenvalue weighted by Crippen LogP contribution is -2.50. The zero-order valence-corrected chi connectivity index (χ0v) is 20.7. The molecule has 2 aromatic carbocycles. The van der Waals surface area contributed by atoms with Crippen LogP contribution in [0.1, 0.15) is 58.2 Å². The average molecular weight is 482 g/mol. The van der Waals surface area contributed by atoms with Crippen molar-refractivity contribution in [2.45, 2.75) is 59.2 Å². The van der Waals surface area contributed by atoms with Gasteiger partial charge in [0.15, 0.2) is 23.1 Å². The first-order chi connectivity index (χ1) is 16.4. The van der Waals surface area contributed by atoms with E-state index in [9.17, 15) is 14.0 Å². The van der Waals surface area contributed by atoms with Gasteiger partial charge in [-0.05, 0) is 82.5 Å². The van der Waals surface area contributed by atoms with Crippen molar-refractivity contribution in [3.63, 3.8) is 0 Å². The summed E-state index contributed by atoms with van der Waals surface area (Å²) in [6, 6.07) is 10.8. The zero-order valence-electron chi connectivity index (χ0n) is 20.7. The second kappa shape index (κ2) is 9.88. The molecule has 0 spiro atoms. The van der Waals surface area contributed by atoms with Crippen molar-refractivity contribution in [2.75, 3.05) is 6.61 Å². The topological polar surface area (TPSA) is 94.9 Å². The Kier molecular flexibility index (Phi) is 7.32. The molecule has 0 unspecified atom stereocenters. The van der Waals surface area contributed by atoms with E-state index in [0.717, 1.165) is 11.6 Å². The summed E-state index contributed by atoms with van der Waals surface area (Å²) < 4.78 is 36.7. The molecule has 0 bridgehead atoms. The van der Waals surface area contributed by atoms with E-state index in [-0.39, 0.29) is 40.8 Å². The molecule has 0 amide bonds. The summed E-state index contributed by atoms with van der Waals surface area (Å²) in [6.45, 7) is 10.4. The van der Waals surface area contributed by atoms with Gasteiger partial charge in [0, 0.05) is 0 Å². The van der Waals surface area contributed by atoms with Crippen LogP contribution in [0.15, 0.2) is 42.2 Å². The van der Waals surface area contributed by atoms with Crippen LogP contribution in [-0.2, 0) is 25.4 Å². The lowest BCUT2D eigenvalue weighted by atomic mass is 9.81. The molecular weight excluding hydrogens is 453 g/mol. The third kappa shape index (κ3) is 5.36. The van der Waals surface area contributed by atoms with Gasteiger partial charge in [-0.25, -0.2) is 9.18 Å². The van der Waals surface area contributed by atoms with Crippen molar-refractivity contribution >= 4 is 17.5 Å². The zero-order chi connectivity index (χ0) is 26.0. The summed E-state index contributed by atoms with van der Waals surface area (Å²) >= 11 is 0. The standard InChI is InChI=1S/C27H28FNO6/c1-7-17-10-11-18(33-21-12-9-16(15-29)13-20(21)28)14-19(17)22-23(30)26(3,4)35-27(5,6)24(22)34-25(31)32-8-2/h9-14H,7-8H2,1-6H3. The maximum absolute atomic E-state index is 14.4. The monoisotopic (exact) mass is 481 g/mol. The van der Waals surface area contributed by atoms with Crippen LogP contribution in [0.4, 0.5) is 9.18 Å². The molecule has 0 N–H and O–H groups in total. The van der Waals surface area contributed by atoms with Gasteiger partial charge in [0.2, 0.25) is 0 Å². The van der Waals surface area contributed by atoms with Gasteiger partial charge in [0.05, 0.1) is 23.8 Å². The maximum Gasteiger partial charge on any atom is 0.513 e. The minimum atomic E-state index is -1.21. The predicted molar refractivity (Wildman–Crippen MR) is 126 cm³/mol. The van der Waals surface area contributed by atoms with E-state index >= 15 is 0 Å². The number of carbonyl (C=O) groups is 2. The van der Waals surface area contributed by atoms with E-state index in [2.05, 4.69) is 0 Å². The number of halogens is 1. The molecular formula is C27H28FNO6. The molecule has 0 atom stereocenters. The molecule has 184 valence electrons. The number of hydrogen-bond acceptors (Lipinski definition) is 7. The minimum Gasteiger partial charge on any atom is -0.454 e. The second-order valence-corrected chi connectivity index (χ2v) is 8.97. The smallest absolute Gasteiger partial charge is 0.454 e. The largest absolute Gasteiger partial charge is 0.513 e. The average Bonchev–Trinajstić information content (AvgIpc) is 2.78. The Morgan fingerprint density at radius 3 is 2.40 bits per heavy atom. The van der Waals surface area contributed by atoms with E-state index in [1.54, 1.807) is 52.8 Å². The Morgan fingerprint density at radius 1 is 1.09 bits per heavy atom. The SMILES string of the molecule is CCOC(=O)OC1=C(c2cc(Oc3ccc(C#N)cc3F)ccc2CC)C(=O)C(C)(C)OC1(C)C. The summed E-state index contributed by atoms with van der Waals surface area (Å²) in [6.07, 6.45) is -0.388. The van der Waals surface area contributed by atoms with Crippen molar-refractivity contribution < 1.29 is 32.9 Å². The van der Waals surface area contributed by atoms with E-state index < -0.39 is 23.2 Å². The number of hydrogen-bond donors (Lipinski definition) is 0. The Hall–Kier alpha value is -3.70. The fourth-order valence-electron chi connectivity index (χ4n) is 4.03. The lowest BCUT2D eigenvalue weighted by molar-refractivity contribution is -0.158. The highest BCUT2D eigenvalue weighted by atomic mass is 19.1. The van der Waals surface area contributed by atoms with Crippen molar-refractivity contribution in [1.29, 1.82) is 5.26 Å². The van der Waals surface area contributed by atoms with Gasteiger partial charge in [-0.2, -0.15) is 5.26 Å². The number of ether oxygens (including phenoxy) is 4. The number of rotatable bonds is 6. The predicted octanol–water partition coefficient (Wildman–Crippen LogP) is 6.09. The second-order valence-electron chi connectivity index (χ2n) is 8.97. The van der Waals surface area contributed by atoms with Crippen LogP contribution in [0.5, 0.6) is 11.5 Å². The third-order valence-corrected chi connectivity index (χ3v) is 5.53. The van der Waals surface area contributed by atoms with Gasteiger partial charge in [-0.3, -0.25) is 4.79 Å². The number of carbonyl (C=O) groups excluding carboxylic acids is 2. The molecule has 0 saturated carbocycles. The fraction of sp³-hybridized carbons (Fsp3) is 0.370. The fourth-order valence-corrected chi connectivity index (χ4v) is 4.03. The molecule has 0 aliphatic carbocycles. The number of Topliss-reactive ketones (excluding diaryl/α,β-unsaturated/α-hetero) is 1. The van der Waals surface area contributed by atoms with E-state index in [0.29, 0.717) is 12.0 Å². The molecule has 8 heteroatoms. The van der Waals surface area contributed by atoms with E-state index in [4.69, 9.17) is 24.2 Å². The van der Waals surface area contributed by atoms with Crippen LogP contribution in [-0.4, -0.2) is 29.7 Å². The molecule has 0 radical (unpaired) electrons. The summed E-state index contributed by atoms with van der Waals surface area (Å²) in [5.74, 6) is -0.863. The van der Waals surface area contributed by atoms with Gasteiger partial charge < -0.3 is 18.9 Å². The van der Waals surface area contributed by atoms with Gasteiger partial charge >= 0.3 is 6.16 Å². The van der Waals surface area contributed by atoms with Gasteiger partial charge in [0.25, 0.3) is 0 Å². The third-order valence-electron chi connectivity index (χ3n) is 5.53. The minimum absolute atomic E-state index is 0.0247. The van der Waals surface area contributed by atoms with Gasteiger partial charge in [0.1, 0.15) is 17.0 Å². The van der Waals surface area contributed by atoms with Gasteiger partial charge in [-0.1, -0.05) is 13.0 Å². The highest BCUT2D eigenvalue weighted by Crippen LogP contribution is 2.43. The molecule has 1 aliphatic heterocycles. The highest BCUT2D eigenvalue weighted by molar-refractivity contribution is 6.26. The Bertz CT molecular complexity index is 1240. The van der Waals surface area contributed by atoms with Crippen LogP contribution in [0.3, 0.4) is 0 Å². The van der Waals surface area contributed by atoms with Crippen LogP contribution in [0, 0.1) is 17.1 Å². The first-order valence-corrected chi connectivity index (χ1v) is 11.3. The number of benzene rings is 2. The Balaban J connectivity index is 2.19. The van der Waals surface area contributed by atoms with Crippen molar-refractivity contribution in [3.05, 3.63) is 64.7 Å². The lowest BCUT2D eigenvalue weighted by Gasteiger charge is -2.42. The number of nitriles is 1. The molecule has 0 fully saturated rings. The summed E-state index contributed by atoms with van der Waals surface area (Å²) in [5, 5.41) is 8.96. The molecule has 2 aromatic rings. The first-order valence-electron chi connectivity index (χ1n) is 11.3. The van der Waals surface area contributed by atoms with E-state index in [1.807, 2.05) is 13.0 Å². The molecule has 1 heterocycles. The first kappa shape index (κ1) is 25.9. The van der Waals surface area contributed by atoms with Gasteiger partial charge in [-0.15, -0.1) is 0 Å². The number of aryl methyl sites for hydroxylation is 1. The molecule has 1 aliphatic rings. The van der Waals surface area contributed by atoms with E-state index in [1.165, 1.54) is 12.1 Å². The molecule has 7 nitrogen and oxygen atoms in total. The quantitative estimate of drug-likeness (QED) is 0.461. The Morgan fingerprint density at radius 2 is 1.80 bits per heavy atom. The molecule has 35 heavy (non-hydrogen) atoms. The number of nitrogens with zero attached hydrogens (tertiary/aromatic N) is 1. The van der Waals surface area contributed by atoms with Crippen molar-refractivity contribution in [1.82, 2.24) is 0 Å². The molecule has 3 rings (SSSR count). The molecule has 0 aromatic heterocycles. The van der Waals surface area contributed by atoms with Crippen LogP contribution in [0.2, 0.25) is 0 Å². The van der Waals surface area contributed by atoms with Crippen LogP contribution >= 0.6 is 0 Å². The summed E-state index contributed by atoms with van der Waals surface area (Å²) in [7, 11) is 0. The number of ketones is 1. The summed E-state index contributed by atoms with van der Waals surface area (Å²) in [4.78, 5) is 25.9. The highest BCUT2D eigenvalue weighted by Gasteiger charge is 2.49. The summed E-state index contributed by atoms with van der Waals surface area (Å²) in [5.41, 5.74) is -0.739.